The molecular formula is C17H24ClFN2O. The van der Waals surface area contributed by atoms with E-state index in [9.17, 15) is 9.18 Å². The first-order valence-electron chi connectivity index (χ1n) is 7.86. The van der Waals surface area contributed by atoms with E-state index in [0.717, 1.165) is 31.2 Å². The third-order valence-corrected chi connectivity index (χ3v) is 5.09. The molecule has 3 N–H and O–H groups in total. The van der Waals surface area contributed by atoms with Gasteiger partial charge in [0.25, 0.3) is 0 Å². The summed E-state index contributed by atoms with van der Waals surface area (Å²) >= 11 is 0. The Hall–Kier alpha value is -1.13. The summed E-state index contributed by atoms with van der Waals surface area (Å²) in [5.41, 5.74) is 7.62. The molecule has 0 aromatic heterocycles. The number of aryl methyl sites for hydroxylation is 1. The van der Waals surface area contributed by atoms with Crippen molar-refractivity contribution < 1.29 is 9.18 Å². The summed E-state index contributed by atoms with van der Waals surface area (Å²) in [4.78, 5) is 12.5. The lowest BCUT2D eigenvalue weighted by molar-refractivity contribution is -0.122. The van der Waals surface area contributed by atoms with Gasteiger partial charge in [-0.25, -0.2) is 4.39 Å². The molecule has 3 rings (SSSR count). The molecule has 2 bridgehead atoms. The summed E-state index contributed by atoms with van der Waals surface area (Å²) in [6.45, 7) is 1.82. The molecule has 3 nitrogen and oxygen atoms in total. The number of amides is 1. The summed E-state index contributed by atoms with van der Waals surface area (Å²) < 4.78 is 13.4. The van der Waals surface area contributed by atoms with Gasteiger partial charge in [-0.15, -0.1) is 12.4 Å². The fourth-order valence-electron chi connectivity index (χ4n) is 4.06. The van der Waals surface area contributed by atoms with Gasteiger partial charge in [-0.1, -0.05) is 6.42 Å². The van der Waals surface area contributed by atoms with Crippen LogP contribution in [0.25, 0.3) is 0 Å². The van der Waals surface area contributed by atoms with Crippen molar-refractivity contribution in [3.63, 3.8) is 0 Å². The summed E-state index contributed by atoms with van der Waals surface area (Å²) in [6, 6.07) is 4.90. The molecule has 1 aromatic rings. The van der Waals surface area contributed by atoms with Crippen molar-refractivity contribution >= 4 is 24.0 Å². The molecule has 2 atom stereocenters. The molecule has 0 saturated heterocycles. The van der Waals surface area contributed by atoms with Gasteiger partial charge in [-0.05, 0) is 68.2 Å². The smallest absolute Gasteiger partial charge is 0.227 e. The molecular weight excluding hydrogens is 303 g/mol. The predicted octanol–water partition coefficient (Wildman–Crippen LogP) is 3.65. The van der Waals surface area contributed by atoms with Crippen molar-refractivity contribution in [3.8, 4) is 0 Å². The number of hydrogen-bond acceptors (Lipinski definition) is 2. The molecule has 1 aromatic carbocycles. The highest BCUT2D eigenvalue weighted by Crippen LogP contribution is 2.42. The van der Waals surface area contributed by atoms with E-state index in [1.807, 2.05) is 6.92 Å². The highest BCUT2D eigenvalue weighted by molar-refractivity contribution is 5.92. The van der Waals surface area contributed by atoms with Crippen LogP contribution in [0.4, 0.5) is 10.1 Å². The summed E-state index contributed by atoms with van der Waals surface area (Å²) in [5, 5.41) is 2.88. The maximum absolute atomic E-state index is 13.4. The van der Waals surface area contributed by atoms with E-state index < -0.39 is 0 Å². The highest BCUT2D eigenvalue weighted by Gasteiger charge is 2.40. The minimum atomic E-state index is -0.312. The standard InChI is InChI=1S/C17H23FN2O.ClH/c1-10-5-14(18)9-15(6-10)20-17(21)13-7-11-3-2-4-12(8-13)16(11)19;/h5-6,9,11-13,16H,2-4,7-8,19H2,1H3,(H,20,21);1H. The molecule has 5 heteroatoms. The van der Waals surface area contributed by atoms with E-state index in [-0.39, 0.29) is 36.1 Å². The first kappa shape index (κ1) is 17.2. The summed E-state index contributed by atoms with van der Waals surface area (Å²) in [5.74, 6) is 0.672. The molecule has 0 radical (unpaired) electrons. The van der Waals surface area contributed by atoms with Gasteiger partial charge < -0.3 is 11.1 Å². The van der Waals surface area contributed by atoms with E-state index in [4.69, 9.17) is 5.73 Å². The normalized spacial score (nSPS) is 30.3. The Bertz CT molecular complexity index is 517. The van der Waals surface area contributed by atoms with Gasteiger partial charge in [0.1, 0.15) is 5.82 Å². The third kappa shape index (κ3) is 3.61. The number of nitrogens with two attached hydrogens (primary N) is 1. The van der Waals surface area contributed by atoms with E-state index >= 15 is 0 Å². The molecule has 2 unspecified atom stereocenters. The van der Waals surface area contributed by atoms with Crippen molar-refractivity contribution in [1.29, 1.82) is 0 Å². The van der Waals surface area contributed by atoms with Crippen LogP contribution in [0, 0.1) is 30.5 Å². The number of carbonyl (C=O) groups is 1. The van der Waals surface area contributed by atoms with Gasteiger partial charge in [0, 0.05) is 17.6 Å². The van der Waals surface area contributed by atoms with Crippen LogP contribution in [0.5, 0.6) is 0 Å². The second kappa shape index (κ2) is 6.97. The molecule has 0 spiro atoms. The van der Waals surface area contributed by atoms with Gasteiger partial charge in [-0.2, -0.15) is 0 Å². The zero-order chi connectivity index (χ0) is 15.0. The SMILES string of the molecule is Cc1cc(F)cc(NC(=O)C2CC3CCCC(C2)C3N)c1.Cl. The van der Waals surface area contributed by atoms with Crippen molar-refractivity contribution in [1.82, 2.24) is 0 Å². The lowest BCUT2D eigenvalue weighted by atomic mass is 9.65. The molecule has 2 fully saturated rings. The van der Waals surface area contributed by atoms with Crippen molar-refractivity contribution in [2.45, 2.75) is 45.1 Å². The van der Waals surface area contributed by atoms with E-state index in [2.05, 4.69) is 5.32 Å². The molecule has 0 aliphatic heterocycles. The molecule has 2 aliphatic rings. The number of anilines is 1. The van der Waals surface area contributed by atoms with Gasteiger partial charge in [0.05, 0.1) is 0 Å². The fourth-order valence-corrected chi connectivity index (χ4v) is 4.06. The van der Waals surface area contributed by atoms with Crippen LogP contribution in [0.15, 0.2) is 18.2 Å². The third-order valence-electron chi connectivity index (χ3n) is 5.09. The van der Waals surface area contributed by atoms with Gasteiger partial charge in [0.15, 0.2) is 0 Å². The Morgan fingerprint density at radius 3 is 2.45 bits per heavy atom. The quantitative estimate of drug-likeness (QED) is 0.871. The highest BCUT2D eigenvalue weighted by atomic mass is 35.5. The zero-order valence-corrected chi connectivity index (χ0v) is 13.7. The zero-order valence-electron chi connectivity index (χ0n) is 12.8. The maximum Gasteiger partial charge on any atom is 0.227 e. The second-order valence-electron chi connectivity index (χ2n) is 6.70. The maximum atomic E-state index is 13.4. The molecule has 2 aliphatic carbocycles. The van der Waals surface area contributed by atoms with Gasteiger partial charge in [-0.3, -0.25) is 4.79 Å². The average molecular weight is 327 g/mol. The Kier molecular flexibility index (Phi) is 5.45. The van der Waals surface area contributed by atoms with E-state index in [1.54, 1.807) is 6.07 Å². The minimum absolute atomic E-state index is 0. The number of hydrogen-bond donors (Lipinski definition) is 2. The monoisotopic (exact) mass is 326 g/mol. The van der Waals surface area contributed by atoms with Crippen LogP contribution in [-0.4, -0.2) is 11.9 Å². The Morgan fingerprint density at radius 2 is 1.86 bits per heavy atom. The second-order valence-corrected chi connectivity index (χ2v) is 6.70. The Morgan fingerprint density at radius 1 is 1.23 bits per heavy atom. The Labute approximate surface area is 137 Å². The molecule has 0 heterocycles. The fraction of sp³-hybridized carbons (Fsp3) is 0.588. The van der Waals surface area contributed by atoms with Crippen LogP contribution in [0.2, 0.25) is 0 Å². The van der Waals surface area contributed by atoms with Crippen LogP contribution < -0.4 is 11.1 Å². The van der Waals surface area contributed by atoms with E-state index in [0.29, 0.717) is 17.5 Å². The number of nitrogens with one attached hydrogen (secondary N) is 1. The summed E-state index contributed by atoms with van der Waals surface area (Å²) in [7, 11) is 0. The van der Waals surface area contributed by atoms with Crippen LogP contribution in [0.1, 0.15) is 37.7 Å². The van der Waals surface area contributed by atoms with Gasteiger partial charge >= 0.3 is 0 Å². The minimum Gasteiger partial charge on any atom is -0.327 e. The average Bonchev–Trinajstić information content (AvgIpc) is 2.36. The predicted molar refractivity (Wildman–Crippen MR) is 88.5 cm³/mol. The lowest BCUT2D eigenvalue weighted by Gasteiger charge is -2.43. The molecule has 22 heavy (non-hydrogen) atoms. The van der Waals surface area contributed by atoms with Gasteiger partial charge in [0.2, 0.25) is 5.91 Å². The van der Waals surface area contributed by atoms with Crippen LogP contribution >= 0.6 is 12.4 Å². The van der Waals surface area contributed by atoms with Crippen molar-refractivity contribution in [2.24, 2.45) is 23.5 Å². The van der Waals surface area contributed by atoms with Crippen LogP contribution in [0.3, 0.4) is 0 Å². The molecule has 2 saturated carbocycles. The van der Waals surface area contributed by atoms with Crippen LogP contribution in [-0.2, 0) is 4.79 Å². The molecule has 122 valence electrons. The Balaban J connectivity index is 0.00000176. The van der Waals surface area contributed by atoms with Crippen molar-refractivity contribution in [2.75, 3.05) is 5.32 Å². The topological polar surface area (TPSA) is 55.1 Å². The number of benzene rings is 1. The first-order chi connectivity index (χ1) is 10.0. The summed E-state index contributed by atoms with van der Waals surface area (Å²) in [6.07, 6.45) is 5.26. The number of halogens is 2. The number of rotatable bonds is 2. The number of fused-ring (bicyclic) bond motifs is 2. The number of carbonyl (C=O) groups excluding carboxylic acids is 1. The molecule has 1 amide bonds. The first-order valence-corrected chi connectivity index (χ1v) is 7.86. The van der Waals surface area contributed by atoms with Crippen molar-refractivity contribution in [3.05, 3.63) is 29.6 Å². The lowest BCUT2D eigenvalue weighted by Crippen LogP contribution is -2.48. The largest absolute Gasteiger partial charge is 0.327 e. The van der Waals surface area contributed by atoms with E-state index in [1.165, 1.54) is 18.6 Å².